The van der Waals surface area contributed by atoms with Crippen LogP contribution in [0.3, 0.4) is 0 Å². The summed E-state index contributed by atoms with van der Waals surface area (Å²) in [5.41, 5.74) is 2.00. The minimum atomic E-state index is -1.08. The number of carboxylic acid groups (broad SMARTS) is 1. The van der Waals surface area contributed by atoms with Crippen molar-refractivity contribution in [2.45, 2.75) is 18.8 Å². The third-order valence-corrected chi connectivity index (χ3v) is 4.79. The molecule has 0 saturated carbocycles. The lowest BCUT2D eigenvalue weighted by Crippen LogP contribution is -2.33. The van der Waals surface area contributed by atoms with Crippen LogP contribution in [0.2, 0.25) is 0 Å². The molecule has 0 unspecified atom stereocenters. The van der Waals surface area contributed by atoms with Crippen molar-refractivity contribution >= 4 is 22.7 Å². The van der Waals surface area contributed by atoms with E-state index in [4.69, 9.17) is 5.11 Å². The normalized spacial score (nSPS) is 15.6. The third-order valence-electron chi connectivity index (χ3n) is 4.79. The number of rotatable bonds is 3. The smallest absolute Gasteiger partial charge is 0.356 e. The Morgan fingerprint density at radius 2 is 2.04 bits per heavy atom. The van der Waals surface area contributed by atoms with Crippen molar-refractivity contribution in [3.8, 4) is 0 Å². The number of benzene rings is 1. The van der Waals surface area contributed by atoms with Crippen LogP contribution in [0.15, 0.2) is 36.8 Å². The molecule has 0 amide bonds. The maximum atomic E-state index is 13.3. The van der Waals surface area contributed by atoms with Gasteiger partial charge in [0, 0.05) is 30.2 Å². The Morgan fingerprint density at radius 3 is 2.72 bits per heavy atom. The molecule has 128 valence electrons. The van der Waals surface area contributed by atoms with Crippen molar-refractivity contribution in [3.63, 3.8) is 0 Å². The Bertz CT molecular complexity index is 914. The number of hydrogen-bond donors (Lipinski definition) is 2. The number of anilines is 1. The molecule has 3 heterocycles. The van der Waals surface area contributed by atoms with E-state index < -0.39 is 5.97 Å². The number of aromatic nitrogens is 3. The molecular formula is C18H17FN4O2. The van der Waals surface area contributed by atoms with Gasteiger partial charge in [-0.1, -0.05) is 0 Å². The molecule has 1 fully saturated rings. The van der Waals surface area contributed by atoms with Crippen molar-refractivity contribution in [1.29, 1.82) is 0 Å². The number of carboxylic acids is 1. The van der Waals surface area contributed by atoms with E-state index in [1.165, 1.54) is 30.1 Å². The molecule has 7 heteroatoms. The van der Waals surface area contributed by atoms with Crippen molar-refractivity contribution in [2.75, 3.05) is 18.0 Å². The van der Waals surface area contributed by atoms with Crippen LogP contribution in [0.25, 0.3) is 10.9 Å². The van der Waals surface area contributed by atoms with E-state index >= 15 is 0 Å². The first-order valence-electron chi connectivity index (χ1n) is 8.18. The number of carbonyl (C=O) groups is 1. The average molecular weight is 340 g/mol. The maximum Gasteiger partial charge on any atom is 0.356 e. The predicted molar refractivity (Wildman–Crippen MR) is 91.4 cm³/mol. The van der Waals surface area contributed by atoms with Crippen LogP contribution in [-0.2, 0) is 0 Å². The monoisotopic (exact) mass is 340 g/mol. The van der Waals surface area contributed by atoms with E-state index in [0.29, 0.717) is 11.7 Å². The minimum Gasteiger partial charge on any atom is -0.476 e. The number of piperidine rings is 1. The van der Waals surface area contributed by atoms with Gasteiger partial charge < -0.3 is 15.0 Å². The molecule has 1 aliphatic heterocycles. The highest BCUT2D eigenvalue weighted by molar-refractivity contribution is 5.85. The zero-order valence-electron chi connectivity index (χ0n) is 13.4. The van der Waals surface area contributed by atoms with E-state index in [2.05, 4.69) is 19.9 Å². The highest BCUT2D eigenvalue weighted by Gasteiger charge is 2.24. The molecule has 0 spiro atoms. The zero-order chi connectivity index (χ0) is 17.4. The summed E-state index contributed by atoms with van der Waals surface area (Å²) < 4.78 is 13.3. The quantitative estimate of drug-likeness (QED) is 0.765. The van der Waals surface area contributed by atoms with Crippen LogP contribution in [0.5, 0.6) is 0 Å². The standard InChI is InChI=1S/C18H17FN4O2/c19-12-1-2-13-14(8-20-15(13)7-12)11-3-5-23(6-4-11)17-10-21-16(9-22-17)18(24)25/h1-2,7-11,20H,3-6H2,(H,24,25). The van der Waals surface area contributed by atoms with Crippen LogP contribution < -0.4 is 4.90 Å². The maximum absolute atomic E-state index is 13.3. The van der Waals surface area contributed by atoms with Crippen molar-refractivity contribution in [2.24, 2.45) is 0 Å². The van der Waals surface area contributed by atoms with Crippen LogP contribution in [0.1, 0.15) is 34.8 Å². The molecule has 6 nitrogen and oxygen atoms in total. The van der Waals surface area contributed by atoms with Gasteiger partial charge in [-0.25, -0.2) is 19.2 Å². The second kappa shape index (κ2) is 6.16. The summed E-state index contributed by atoms with van der Waals surface area (Å²) in [4.78, 5) is 24.3. The van der Waals surface area contributed by atoms with Gasteiger partial charge in [0.25, 0.3) is 0 Å². The number of hydrogen-bond acceptors (Lipinski definition) is 4. The second-order valence-corrected chi connectivity index (χ2v) is 6.26. The summed E-state index contributed by atoms with van der Waals surface area (Å²) in [5, 5.41) is 9.96. The lowest BCUT2D eigenvalue weighted by Gasteiger charge is -2.32. The number of nitrogens with zero attached hydrogens (tertiary/aromatic N) is 3. The Hall–Kier alpha value is -2.96. The summed E-state index contributed by atoms with van der Waals surface area (Å²) in [6.07, 6.45) is 6.68. The molecule has 0 atom stereocenters. The fraction of sp³-hybridized carbons (Fsp3) is 0.278. The number of aromatic carboxylic acids is 1. The van der Waals surface area contributed by atoms with Gasteiger partial charge in [0.1, 0.15) is 11.6 Å². The molecule has 1 aromatic carbocycles. The van der Waals surface area contributed by atoms with E-state index in [0.717, 1.165) is 36.8 Å². The van der Waals surface area contributed by atoms with Gasteiger partial charge in [0.2, 0.25) is 0 Å². The van der Waals surface area contributed by atoms with E-state index in [-0.39, 0.29) is 11.5 Å². The summed E-state index contributed by atoms with van der Waals surface area (Å²) in [5.74, 6) is -0.209. The van der Waals surface area contributed by atoms with Gasteiger partial charge in [-0.3, -0.25) is 0 Å². The Balaban J connectivity index is 1.48. The number of nitrogens with one attached hydrogen (secondary N) is 1. The Morgan fingerprint density at radius 1 is 1.24 bits per heavy atom. The molecule has 3 aromatic rings. The van der Waals surface area contributed by atoms with Crippen LogP contribution in [0.4, 0.5) is 10.2 Å². The van der Waals surface area contributed by atoms with Gasteiger partial charge in [-0.2, -0.15) is 0 Å². The molecule has 0 radical (unpaired) electrons. The van der Waals surface area contributed by atoms with Crippen LogP contribution in [0, 0.1) is 5.82 Å². The highest BCUT2D eigenvalue weighted by Crippen LogP contribution is 2.34. The average Bonchev–Trinajstić information content (AvgIpc) is 3.05. The fourth-order valence-corrected chi connectivity index (χ4v) is 3.47. The molecule has 25 heavy (non-hydrogen) atoms. The van der Waals surface area contributed by atoms with E-state index in [1.807, 2.05) is 12.3 Å². The minimum absolute atomic E-state index is 0.0512. The molecular weight excluding hydrogens is 323 g/mol. The van der Waals surface area contributed by atoms with E-state index in [1.54, 1.807) is 0 Å². The lowest BCUT2D eigenvalue weighted by molar-refractivity contribution is 0.0690. The van der Waals surface area contributed by atoms with E-state index in [9.17, 15) is 9.18 Å². The summed E-state index contributed by atoms with van der Waals surface area (Å²) in [7, 11) is 0. The van der Waals surface area contributed by atoms with Gasteiger partial charge in [-0.15, -0.1) is 0 Å². The molecule has 0 bridgehead atoms. The first-order valence-corrected chi connectivity index (χ1v) is 8.18. The fourth-order valence-electron chi connectivity index (χ4n) is 3.47. The Labute approximate surface area is 143 Å². The largest absolute Gasteiger partial charge is 0.476 e. The summed E-state index contributed by atoms with van der Waals surface area (Å²) in [6, 6.07) is 4.85. The topological polar surface area (TPSA) is 82.1 Å². The molecule has 2 N–H and O–H groups in total. The third kappa shape index (κ3) is 2.93. The lowest BCUT2D eigenvalue weighted by atomic mass is 9.89. The summed E-state index contributed by atoms with van der Waals surface area (Å²) in [6.45, 7) is 1.64. The number of fused-ring (bicyclic) bond motifs is 1. The van der Waals surface area contributed by atoms with Crippen LogP contribution in [-0.4, -0.2) is 39.1 Å². The van der Waals surface area contributed by atoms with Crippen molar-refractivity contribution < 1.29 is 14.3 Å². The number of aromatic amines is 1. The van der Waals surface area contributed by atoms with Gasteiger partial charge in [-0.05, 0) is 42.5 Å². The molecule has 0 aliphatic carbocycles. The predicted octanol–water partition coefficient (Wildman–Crippen LogP) is 3.18. The first-order chi connectivity index (χ1) is 12.1. The highest BCUT2D eigenvalue weighted by atomic mass is 19.1. The molecule has 2 aromatic heterocycles. The van der Waals surface area contributed by atoms with Gasteiger partial charge >= 0.3 is 5.97 Å². The number of halogens is 1. The zero-order valence-corrected chi connectivity index (χ0v) is 13.4. The second-order valence-electron chi connectivity index (χ2n) is 6.26. The van der Waals surface area contributed by atoms with Crippen molar-refractivity contribution in [1.82, 2.24) is 15.0 Å². The molecule has 1 saturated heterocycles. The SMILES string of the molecule is O=C(O)c1cnc(N2CCC(c3c[nH]c4cc(F)ccc34)CC2)cn1. The first kappa shape index (κ1) is 15.6. The molecule has 1 aliphatic rings. The molecule has 4 rings (SSSR count). The van der Waals surface area contributed by atoms with Crippen LogP contribution >= 0.6 is 0 Å². The van der Waals surface area contributed by atoms with Gasteiger partial charge in [0.05, 0.1) is 12.4 Å². The Kier molecular flexibility index (Phi) is 3.83. The summed E-state index contributed by atoms with van der Waals surface area (Å²) >= 11 is 0. The van der Waals surface area contributed by atoms with Crippen molar-refractivity contribution in [3.05, 3.63) is 53.9 Å². The number of H-pyrrole nitrogens is 1. The van der Waals surface area contributed by atoms with Gasteiger partial charge in [0.15, 0.2) is 5.69 Å².